The molecular weight excluding hydrogens is 474 g/mol. The van der Waals surface area contributed by atoms with Crippen LogP contribution in [0.4, 0.5) is 14.5 Å². The smallest absolute Gasteiger partial charge is 0.259 e. The number of hydrogen-bond acceptors (Lipinski definition) is 5. The molecule has 2 aromatic carbocycles. The van der Waals surface area contributed by atoms with Crippen molar-refractivity contribution >= 4 is 27.5 Å². The van der Waals surface area contributed by atoms with Gasteiger partial charge in [0.05, 0.1) is 11.3 Å². The quantitative estimate of drug-likeness (QED) is 0.455. The Morgan fingerprint density at radius 3 is 2.74 bits per heavy atom. The number of anilines is 1. The van der Waals surface area contributed by atoms with E-state index in [0.717, 1.165) is 32.8 Å². The van der Waals surface area contributed by atoms with Crippen LogP contribution in [-0.4, -0.2) is 20.6 Å². The zero-order valence-corrected chi connectivity index (χ0v) is 17.3. The first-order valence-electron chi connectivity index (χ1n) is 8.94. The Morgan fingerprint density at radius 1 is 1.10 bits per heavy atom. The molecule has 4 rings (SSSR count). The van der Waals surface area contributed by atoms with Crippen molar-refractivity contribution in [3.63, 3.8) is 0 Å². The molecule has 0 atom stereocenters. The van der Waals surface area contributed by atoms with Gasteiger partial charge in [-0.15, -0.1) is 0 Å². The molecule has 0 spiro atoms. The fourth-order valence-corrected chi connectivity index (χ4v) is 3.20. The van der Waals surface area contributed by atoms with Crippen molar-refractivity contribution < 1.29 is 18.1 Å². The zero-order valence-electron chi connectivity index (χ0n) is 15.7. The molecule has 2 aromatic heterocycles. The summed E-state index contributed by atoms with van der Waals surface area (Å²) >= 11 is 3.38. The van der Waals surface area contributed by atoms with Crippen LogP contribution < -0.4 is 10.9 Å². The molecule has 0 unspecified atom stereocenters. The number of pyridine rings is 1. The van der Waals surface area contributed by atoms with Crippen LogP contribution in [0.15, 0.2) is 74.6 Å². The highest BCUT2D eigenvalue weighted by molar-refractivity contribution is 9.10. The minimum absolute atomic E-state index is 0.153. The Balaban J connectivity index is 1.56. The van der Waals surface area contributed by atoms with E-state index in [-0.39, 0.29) is 11.6 Å². The lowest BCUT2D eigenvalue weighted by atomic mass is 10.2. The van der Waals surface area contributed by atoms with Gasteiger partial charge in [0.15, 0.2) is 0 Å². The molecule has 0 saturated heterocycles. The largest absolute Gasteiger partial charge is 0.334 e. The van der Waals surface area contributed by atoms with Gasteiger partial charge in [0.1, 0.15) is 18.2 Å². The summed E-state index contributed by atoms with van der Waals surface area (Å²) in [4.78, 5) is 28.7. The molecule has 31 heavy (non-hydrogen) atoms. The molecule has 0 aliphatic rings. The van der Waals surface area contributed by atoms with Crippen LogP contribution >= 0.6 is 15.9 Å². The molecule has 1 N–H and O–H groups in total. The second-order valence-corrected chi connectivity index (χ2v) is 7.41. The molecule has 1 amide bonds. The van der Waals surface area contributed by atoms with E-state index >= 15 is 0 Å². The minimum Gasteiger partial charge on any atom is -0.334 e. The van der Waals surface area contributed by atoms with Crippen molar-refractivity contribution in [2.24, 2.45) is 0 Å². The fourth-order valence-electron chi connectivity index (χ4n) is 2.80. The van der Waals surface area contributed by atoms with Crippen LogP contribution in [-0.2, 0) is 11.3 Å². The summed E-state index contributed by atoms with van der Waals surface area (Å²) in [5.74, 6) is -1.69. The van der Waals surface area contributed by atoms with Gasteiger partial charge in [-0.1, -0.05) is 33.2 Å². The monoisotopic (exact) mass is 486 g/mol. The maximum Gasteiger partial charge on any atom is 0.259 e. The molecule has 7 nitrogen and oxygen atoms in total. The highest BCUT2D eigenvalue weighted by atomic mass is 79.9. The first kappa shape index (κ1) is 20.6. The van der Waals surface area contributed by atoms with Crippen LogP contribution in [0.3, 0.4) is 0 Å². The standard InChI is InChI=1S/C21H13BrF2N4O3/c22-14-3-1-2-12(8-14)20-26-21(31-27-20)13-4-7-19(30)28(10-13)11-18(29)25-17-9-15(23)5-6-16(17)24/h1-10H,11H2,(H,25,29). The molecule has 0 saturated carbocycles. The number of carbonyl (C=O) groups excluding carboxylic acids is 1. The van der Waals surface area contributed by atoms with Gasteiger partial charge >= 0.3 is 0 Å². The normalized spacial score (nSPS) is 10.8. The molecule has 4 aromatic rings. The van der Waals surface area contributed by atoms with E-state index < -0.39 is 29.6 Å². The van der Waals surface area contributed by atoms with E-state index in [0.29, 0.717) is 11.4 Å². The molecule has 0 fully saturated rings. The van der Waals surface area contributed by atoms with E-state index in [1.807, 2.05) is 24.3 Å². The number of carbonyl (C=O) groups is 1. The third-order valence-electron chi connectivity index (χ3n) is 4.26. The second kappa shape index (κ2) is 8.60. The van der Waals surface area contributed by atoms with E-state index in [9.17, 15) is 18.4 Å². The molecule has 0 radical (unpaired) electrons. The van der Waals surface area contributed by atoms with Crippen molar-refractivity contribution in [1.82, 2.24) is 14.7 Å². The maximum absolute atomic E-state index is 13.7. The van der Waals surface area contributed by atoms with Gasteiger partial charge in [0, 0.05) is 28.4 Å². The Kier molecular flexibility index (Phi) is 5.72. The maximum atomic E-state index is 13.7. The van der Waals surface area contributed by atoms with Crippen molar-refractivity contribution in [2.75, 3.05) is 5.32 Å². The lowest BCUT2D eigenvalue weighted by molar-refractivity contribution is -0.116. The average molecular weight is 487 g/mol. The third kappa shape index (κ3) is 4.75. The SMILES string of the molecule is O=C(Cn1cc(-c2nc(-c3cccc(Br)c3)no2)ccc1=O)Nc1cc(F)ccc1F. The topological polar surface area (TPSA) is 90.0 Å². The van der Waals surface area contributed by atoms with Gasteiger partial charge in [-0.25, -0.2) is 8.78 Å². The van der Waals surface area contributed by atoms with Crippen molar-refractivity contribution in [3.05, 3.63) is 87.3 Å². The van der Waals surface area contributed by atoms with Gasteiger partial charge in [-0.05, 0) is 30.3 Å². The molecule has 2 heterocycles. The van der Waals surface area contributed by atoms with Gasteiger partial charge < -0.3 is 14.4 Å². The first-order valence-corrected chi connectivity index (χ1v) is 9.74. The number of rotatable bonds is 5. The van der Waals surface area contributed by atoms with Crippen LogP contribution in [0.2, 0.25) is 0 Å². The van der Waals surface area contributed by atoms with Crippen molar-refractivity contribution in [1.29, 1.82) is 0 Å². The number of nitrogens with zero attached hydrogens (tertiary/aromatic N) is 3. The van der Waals surface area contributed by atoms with E-state index in [2.05, 4.69) is 31.4 Å². The number of halogens is 3. The van der Waals surface area contributed by atoms with E-state index in [1.54, 1.807) is 0 Å². The highest BCUT2D eigenvalue weighted by Crippen LogP contribution is 2.24. The lowest BCUT2D eigenvalue weighted by Gasteiger charge is -2.09. The predicted molar refractivity (Wildman–Crippen MR) is 112 cm³/mol. The van der Waals surface area contributed by atoms with E-state index in [4.69, 9.17) is 4.52 Å². The summed E-state index contributed by atoms with van der Waals surface area (Å²) in [6, 6.07) is 12.8. The van der Waals surface area contributed by atoms with Gasteiger partial charge in [0.25, 0.3) is 11.4 Å². The van der Waals surface area contributed by atoms with Crippen LogP contribution in [0.5, 0.6) is 0 Å². The second-order valence-electron chi connectivity index (χ2n) is 6.49. The summed E-state index contributed by atoms with van der Waals surface area (Å²) in [6.45, 7) is -0.421. The van der Waals surface area contributed by atoms with E-state index in [1.165, 1.54) is 18.3 Å². The summed E-state index contributed by atoms with van der Waals surface area (Å²) in [6.07, 6.45) is 1.38. The molecular formula is C21H13BrF2N4O3. The minimum atomic E-state index is -0.790. The van der Waals surface area contributed by atoms with Crippen LogP contribution in [0, 0.1) is 11.6 Å². The zero-order chi connectivity index (χ0) is 22.0. The van der Waals surface area contributed by atoms with Crippen LogP contribution in [0.1, 0.15) is 0 Å². The summed E-state index contributed by atoms with van der Waals surface area (Å²) < 4.78 is 34.2. The summed E-state index contributed by atoms with van der Waals surface area (Å²) in [7, 11) is 0. The highest BCUT2D eigenvalue weighted by Gasteiger charge is 2.14. The molecule has 156 valence electrons. The lowest BCUT2D eigenvalue weighted by Crippen LogP contribution is -2.27. The Morgan fingerprint density at radius 2 is 1.94 bits per heavy atom. The number of amides is 1. The van der Waals surface area contributed by atoms with Gasteiger partial charge in [-0.3, -0.25) is 9.59 Å². The first-order chi connectivity index (χ1) is 14.9. The fraction of sp³-hybridized carbons (Fsp3) is 0.0476. The molecule has 0 aliphatic carbocycles. The van der Waals surface area contributed by atoms with Gasteiger partial charge in [0.2, 0.25) is 11.7 Å². The Labute approximate surface area is 182 Å². The Bertz CT molecular complexity index is 1340. The number of nitrogens with one attached hydrogen (secondary N) is 1. The number of aromatic nitrogens is 3. The molecule has 10 heteroatoms. The summed E-state index contributed by atoms with van der Waals surface area (Å²) in [5, 5.41) is 6.19. The average Bonchev–Trinajstić information content (AvgIpc) is 3.23. The van der Waals surface area contributed by atoms with Crippen molar-refractivity contribution in [2.45, 2.75) is 6.54 Å². The predicted octanol–water partition coefficient (Wildman–Crippen LogP) is 4.24. The number of benzene rings is 2. The molecule has 0 aliphatic heterocycles. The Hall–Kier alpha value is -3.66. The van der Waals surface area contributed by atoms with Crippen LogP contribution in [0.25, 0.3) is 22.8 Å². The van der Waals surface area contributed by atoms with Gasteiger partial charge in [-0.2, -0.15) is 4.98 Å². The molecule has 0 bridgehead atoms. The number of hydrogen-bond donors (Lipinski definition) is 1. The van der Waals surface area contributed by atoms with Crippen molar-refractivity contribution in [3.8, 4) is 22.8 Å². The third-order valence-corrected chi connectivity index (χ3v) is 4.75. The summed E-state index contributed by atoms with van der Waals surface area (Å²) in [5.41, 5.74) is 0.363.